The SMILES string of the molecule is Cc1cc(C(=N)c2cc(-c3ccc(N4CCN(CCC5CCN(c6ccc(C7CCC(=O)NC7=O)c(F)c6)CC5)CC4)cc3)cnc2N)ccc1CNC(=O)c1noc(C(C)(C)C)n1. The zero-order valence-electron chi connectivity index (χ0n) is 37.0. The number of pyridine rings is 1. The molecule has 0 radical (unpaired) electrons. The molecule has 1 atom stereocenters. The van der Waals surface area contributed by atoms with Crippen molar-refractivity contribution < 1.29 is 23.3 Å². The van der Waals surface area contributed by atoms with Crippen molar-refractivity contribution in [3.63, 3.8) is 0 Å². The number of hydrogen-bond acceptors (Lipinski definition) is 12. The Hall–Kier alpha value is -6.48. The molecular weight excluding hydrogens is 812 g/mol. The molecule has 2 aromatic heterocycles. The standard InChI is InChI=1S/C49H57FN10O4/c1-30-25-33(5-6-34(30)28-54-47(63)45-56-48(64-57-45)49(2,3)4)43(51)40-26-35(29-53-44(40)52)32-7-9-36(10-8-32)60-23-21-58(22-24-60)18-15-31-16-19-59(20-17-31)37-11-12-38(41(50)27-37)39-13-14-42(61)55-46(39)62/h5-12,25-27,29,31,39,51H,13-24,28H2,1-4H3,(H2,52,53)(H,54,63)(H,55,61,62). The topological polar surface area (TPSA) is 187 Å². The lowest BCUT2D eigenvalue weighted by Crippen LogP contribution is -2.47. The number of halogens is 1. The summed E-state index contributed by atoms with van der Waals surface area (Å²) >= 11 is 0. The molecule has 3 aromatic carbocycles. The maximum Gasteiger partial charge on any atom is 0.292 e. The van der Waals surface area contributed by atoms with Crippen LogP contribution in [0.2, 0.25) is 0 Å². The van der Waals surface area contributed by atoms with Crippen LogP contribution in [0.25, 0.3) is 11.1 Å². The summed E-state index contributed by atoms with van der Waals surface area (Å²) < 4.78 is 20.4. The van der Waals surface area contributed by atoms with Crippen LogP contribution >= 0.6 is 0 Å². The van der Waals surface area contributed by atoms with Crippen LogP contribution in [0.3, 0.4) is 0 Å². The molecule has 3 fully saturated rings. The molecule has 1 unspecified atom stereocenters. The molecule has 3 aliphatic heterocycles. The van der Waals surface area contributed by atoms with Crippen molar-refractivity contribution in [3.8, 4) is 11.1 Å². The number of rotatable bonds is 12. The first-order valence-corrected chi connectivity index (χ1v) is 22.2. The summed E-state index contributed by atoms with van der Waals surface area (Å²) in [5, 5.41) is 18.1. The van der Waals surface area contributed by atoms with Gasteiger partial charge >= 0.3 is 0 Å². The van der Waals surface area contributed by atoms with Gasteiger partial charge in [-0.2, -0.15) is 4.98 Å². The number of imide groups is 1. The second kappa shape index (κ2) is 18.7. The Morgan fingerprint density at radius 2 is 1.64 bits per heavy atom. The van der Waals surface area contributed by atoms with E-state index in [1.165, 1.54) is 5.69 Å². The lowest BCUT2D eigenvalue weighted by Gasteiger charge is -2.38. The predicted molar refractivity (Wildman–Crippen MR) is 245 cm³/mol. The Morgan fingerprint density at radius 1 is 0.922 bits per heavy atom. The Kier molecular flexibility index (Phi) is 12.9. The number of hydrogen-bond donors (Lipinski definition) is 4. The first kappa shape index (κ1) is 44.1. The van der Waals surface area contributed by atoms with Crippen LogP contribution in [0.15, 0.2) is 77.4 Å². The molecule has 3 saturated heterocycles. The minimum Gasteiger partial charge on any atom is -0.383 e. The Morgan fingerprint density at radius 3 is 2.31 bits per heavy atom. The lowest BCUT2D eigenvalue weighted by molar-refractivity contribution is -0.134. The van der Waals surface area contributed by atoms with Crippen molar-refractivity contribution in [2.75, 3.05) is 61.3 Å². The lowest BCUT2D eigenvalue weighted by atomic mass is 9.89. The van der Waals surface area contributed by atoms with Gasteiger partial charge in [-0.15, -0.1) is 0 Å². The van der Waals surface area contributed by atoms with Gasteiger partial charge < -0.3 is 25.4 Å². The number of benzene rings is 3. The van der Waals surface area contributed by atoms with Gasteiger partial charge in [0.25, 0.3) is 11.7 Å². The van der Waals surface area contributed by atoms with E-state index in [1.807, 2.05) is 58.0 Å². The molecule has 3 aliphatic rings. The third kappa shape index (κ3) is 9.99. The fraction of sp³-hybridized carbons (Fsp3) is 0.408. The van der Waals surface area contributed by atoms with Gasteiger partial charge in [0, 0.05) is 97.5 Å². The second-order valence-electron chi connectivity index (χ2n) is 18.3. The van der Waals surface area contributed by atoms with Crippen LogP contribution in [-0.2, 0) is 21.5 Å². The van der Waals surface area contributed by atoms with Crippen LogP contribution in [0.5, 0.6) is 0 Å². The third-order valence-corrected chi connectivity index (χ3v) is 12.9. The molecule has 5 heterocycles. The monoisotopic (exact) mass is 868 g/mol. The van der Waals surface area contributed by atoms with E-state index in [-0.39, 0.29) is 47.5 Å². The normalized spacial score (nSPS) is 17.7. The van der Waals surface area contributed by atoms with Gasteiger partial charge in [-0.25, -0.2) is 9.37 Å². The smallest absolute Gasteiger partial charge is 0.292 e. The molecule has 0 aliphatic carbocycles. The number of carbonyl (C=O) groups is 3. The van der Waals surface area contributed by atoms with Crippen molar-refractivity contribution in [2.24, 2.45) is 5.92 Å². The van der Waals surface area contributed by atoms with Gasteiger partial charge in [-0.3, -0.25) is 30.0 Å². The van der Waals surface area contributed by atoms with E-state index in [4.69, 9.17) is 15.7 Å². The quantitative estimate of drug-likeness (QED) is 0.0768. The van der Waals surface area contributed by atoms with Gasteiger partial charge in [-0.05, 0) is 98.2 Å². The number of nitrogens with one attached hydrogen (secondary N) is 3. The highest BCUT2D eigenvalue weighted by Crippen LogP contribution is 2.33. The minimum absolute atomic E-state index is 0.00769. The Bertz CT molecular complexity index is 2540. The Labute approximate surface area is 373 Å². The summed E-state index contributed by atoms with van der Waals surface area (Å²) in [5.41, 5.74) is 13.5. The number of piperidine rings is 2. The van der Waals surface area contributed by atoms with Crippen LogP contribution < -0.4 is 26.2 Å². The Balaban J connectivity index is 0.791. The molecule has 3 amide bonds. The van der Waals surface area contributed by atoms with Crippen molar-refractivity contribution in [3.05, 3.63) is 118 Å². The number of aromatic nitrogens is 3. The van der Waals surface area contributed by atoms with E-state index in [9.17, 15) is 14.4 Å². The van der Waals surface area contributed by atoms with E-state index in [0.717, 1.165) is 93.0 Å². The molecular formula is C49H57FN10O4. The summed E-state index contributed by atoms with van der Waals surface area (Å²) in [5.74, 6) is -0.842. The van der Waals surface area contributed by atoms with E-state index >= 15 is 4.39 Å². The average Bonchev–Trinajstić information content (AvgIpc) is 3.81. The average molecular weight is 869 g/mol. The highest BCUT2D eigenvalue weighted by atomic mass is 19.1. The molecule has 14 nitrogen and oxygen atoms in total. The van der Waals surface area contributed by atoms with Crippen LogP contribution in [-0.4, -0.2) is 89.3 Å². The highest BCUT2D eigenvalue weighted by Gasteiger charge is 2.31. The number of nitrogens with two attached hydrogens (primary N) is 1. The largest absolute Gasteiger partial charge is 0.383 e. The maximum absolute atomic E-state index is 15.2. The summed E-state index contributed by atoms with van der Waals surface area (Å²) in [4.78, 5) is 52.5. The number of carbonyl (C=O) groups excluding carboxylic acids is 3. The minimum atomic E-state index is -0.622. The summed E-state index contributed by atoms with van der Waals surface area (Å²) in [7, 11) is 0. The van der Waals surface area contributed by atoms with E-state index in [0.29, 0.717) is 34.9 Å². The molecule has 8 rings (SSSR count). The zero-order valence-corrected chi connectivity index (χ0v) is 37.0. The number of aryl methyl sites for hydroxylation is 1. The third-order valence-electron chi connectivity index (χ3n) is 12.9. The number of piperazine rings is 1. The molecule has 0 saturated carbocycles. The molecule has 5 N–H and O–H groups in total. The van der Waals surface area contributed by atoms with Gasteiger partial charge in [-0.1, -0.05) is 56.3 Å². The molecule has 15 heteroatoms. The number of anilines is 3. The summed E-state index contributed by atoms with van der Waals surface area (Å²) in [6.45, 7) is 14.7. The first-order chi connectivity index (χ1) is 30.7. The van der Waals surface area contributed by atoms with Crippen LogP contribution in [0.4, 0.5) is 21.6 Å². The van der Waals surface area contributed by atoms with Crippen molar-refractivity contribution in [1.82, 2.24) is 30.7 Å². The highest BCUT2D eigenvalue weighted by molar-refractivity contribution is 6.14. The summed E-state index contributed by atoms with van der Waals surface area (Å²) in [6.07, 6.45) is 5.59. The van der Waals surface area contributed by atoms with Gasteiger partial charge in [0.2, 0.25) is 17.7 Å². The number of nitrogen functional groups attached to an aromatic ring is 1. The van der Waals surface area contributed by atoms with Gasteiger partial charge in [0.1, 0.15) is 11.6 Å². The molecule has 0 spiro atoms. The zero-order chi connectivity index (χ0) is 45.1. The molecule has 64 heavy (non-hydrogen) atoms. The van der Waals surface area contributed by atoms with Crippen LogP contribution in [0, 0.1) is 24.1 Å². The molecule has 5 aromatic rings. The van der Waals surface area contributed by atoms with Crippen molar-refractivity contribution in [1.29, 1.82) is 5.41 Å². The van der Waals surface area contributed by atoms with Crippen LogP contribution in [0.1, 0.15) is 103 Å². The van der Waals surface area contributed by atoms with Gasteiger partial charge in [0.15, 0.2) is 0 Å². The summed E-state index contributed by atoms with van der Waals surface area (Å²) in [6, 6.07) is 21.3. The van der Waals surface area contributed by atoms with E-state index in [1.54, 1.807) is 18.3 Å². The van der Waals surface area contributed by atoms with Crippen molar-refractivity contribution >= 4 is 40.6 Å². The predicted octanol–water partition coefficient (Wildman–Crippen LogP) is 6.75. The van der Waals surface area contributed by atoms with Gasteiger partial charge in [0.05, 0.1) is 11.6 Å². The first-order valence-electron chi connectivity index (χ1n) is 22.2. The molecule has 334 valence electrons. The second-order valence-corrected chi connectivity index (χ2v) is 18.3. The fourth-order valence-corrected chi connectivity index (χ4v) is 8.84. The molecule has 0 bridgehead atoms. The fourth-order valence-electron chi connectivity index (χ4n) is 8.84. The van der Waals surface area contributed by atoms with Crippen molar-refractivity contribution in [2.45, 2.75) is 77.7 Å². The van der Waals surface area contributed by atoms with E-state index in [2.05, 4.69) is 64.7 Å². The number of amides is 3. The maximum atomic E-state index is 15.2. The number of nitrogens with zero attached hydrogens (tertiary/aromatic N) is 6. The van der Waals surface area contributed by atoms with E-state index < -0.39 is 17.7 Å².